The van der Waals surface area contributed by atoms with Crippen LogP contribution in [0.2, 0.25) is 0 Å². The van der Waals surface area contributed by atoms with Gasteiger partial charge in [0.15, 0.2) is 0 Å². The molecule has 2 rings (SSSR count). The van der Waals surface area contributed by atoms with E-state index >= 15 is 0 Å². The third-order valence-corrected chi connectivity index (χ3v) is 5.31. The molecular formula is C15H17N3O2S2. The summed E-state index contributed by atoms with van der Waals surface area (Å²) in [4.78, 5) is 26.1. The van der Waals surface area contributed by atoms with Crippen LogP contribution in [0.4, 0.5) is 5.69 Å². The fourth-order valence-corrected chi connectivity index (χ4v) is 3.71. The molecule has 1 fully saturated rings. The van der Waals surface area contributed by atoms with Crippen molar-refractivity contribution in [3.63, 3.8) is 0 Å². The predicted molar refractivity (Wildman–Crippen MR) is 89.6 cm³/mol. The molecule has 1 aliphatic heterocycles. The zero-order valence-corrected chi connectivity index (χ0v) is 13.9. The second-order valence-corrected chi connectivity index (χ2v) is 6.97. The Morgan fingerprint density at radius 1 is 1.55 bits per heavy atom. The van der Waals surface area contributed by atoms with Gasteiger partial charge in [0.1, 0.15) is 6.54 Å². The number of nitrogens with zero attached hydrogens (tertiary/aromatic N) is 2. The molecule has 1 atom stereocenters. The van der Waals surface area contributed by atoms with Gasteiger partial charge in [0.05, 0.1) is 29.3 Å². The zero-order chi connectivity index (χ0) is 15.9. The summed E-state index contributed by atoms with van der Waals surface area (Å²) in [5.41, 5.74) is 0.724. The second kappa shape index (κ2) is 8.11. The van der Waals surface area contributed by atoms with E-state index < -0.39 is 0 Å². The number of rotatable bonds is 6. The Morgan fingerprint density at radius 3 is 3.00 bits per heavy atom. The van der Waals surface area contributed by atoms with E-state index in [1.807, 2.05) is 31.2 Å². The molecule has 0 spiro atoms. The summed E-state index contributed by atoms with van der Waals surface area (Å²) >= 11 is 3.06. The lowest BCUT2D eigenvalue weighted by Gasteiger charge is -2.15. The Balaban J connectivity index is 1.95. The molecule has 0 unspecified atom stereocenters. The molecule has 1 aliphatic rings. The van der Waals surface area contributed by atoms with Crippen molar-refractivity contribution in [3.8, 4) is 6.07 Å². The minimum Gasteiger partial charge on any atom is -0.324 e. The lowest BCUT2D eigenvalue weighted by atomic mass is 10.3. The molecule has 5 nitrogen and oxygen atoms in total. The number of anilines is 1. The van der Waals surface area contributed by atoms with Crippen LogP contribution in [0.25, 0.3) is 0 Å². The first-order chi connectivity index (χ1) is 10.6. The number of hydrogen-bond donors (Lipinski definition) is 1. The van der Waals surface area contributed by atoms with E-state index in [0.29, 0.717) is 17.4 Å². The molecule has 0 radical (unpaired) electrons. The highest BCUT2D eigenvalue weighted by Gasteiger charge is 2.23. The van der Waals surface area contributed by atoms with Gasteiger partial charge in [0.2, 0.25) is 11.8 Å². The molecule has 1 aromatic carbocycles. The van der Waals surface area contributed by atoms with Crippen LogP contribution in [-0.2, 0) is 9.59 Å². The first kappa shape index (κ1) is 16.7. The third-order valence-electron chi connectivity index (χ3n) is 3.03. The first-order valence-electron chi connectivity index (χ1n) is 6.87. The Morgan fingerprint density at radius 2 is 2.32 bits per heavy atom. The Labute approximate surface area is 138 Å². The fourth-order valence-electron chi connectivity index (χ4n) is 1.85. The summed E-state index contributed by atoms with van der Waals surface area (Å²) in [6, 6.07) is 9.69. The molecule has 22 heavy (non-hydrogen) atoms. The van der Waals surface area contributed by atoms with Crippen molar-refractivity contribution in [3.05, 3.63) is 24.3 Å². The molecule has 7 heteroatoms. The lowest BCUT2D eigenvalue weighted by Crippen LogP contribution is -2.34. The van der Waals surface area contributed by atoms with Gasteiger partial charge in [-0.1, -0.05) is 12.1 Å². The van der Waals surface area contributed by atoms with E-state index in [9.17, 15) is 9.59 Å². The summed E-state index contributed by atoms with van der Waals surface area (Å²) in [5.74, 6) is 1.45. The van der Waals surface area contributed by atoms with Crippen molar-refractivity contribution in [1.82, 2.24) is 4.90 Å². The van der Waals surface area contributed by atoms with Gasteiger partial charge in [-0.25, -0.2) is 0 Å². The quantitative estimate of drug-likeness (QED) is 0.808. The van der Waals surface area contributed by atoms with Gasteiger partial charge in [0, 0.05) is 10.6 Å². The molecule has 1 N–H and O–H groups in total. The van der Waals surface area contributed by atoms with Gasteiger partial charge < -0.3 is 10.2 Å². The standard InChI is InChI=1S/C15H17N3O2S2/c1-11(6-16)8-22-13-5-3-2-4-12(13)17-14(19)7-18-10-21-9-15(18)20/h2-5,11H,7-10H2,1H3,(H,17,19)/t11-/m0/s1. The molecule has 1 saturated heterocycles. The fraction of sp³-hybridized carbons (Fsp3) is 0.400. The van der Waals surface area contributed by atoms with E-state index in [2.05, 4.69) is 11.4 Å². The smallest absolute Gasteiger partial charge is 0.244 e. The van der Waals surface area contributed by atoms with Crippen LogP contribution in [0, 0.1) is 17.2 Å². The van der Waals surface area contributed by atoms with Crippen molar-refractivity contribution in [2.45, 2.75) is 11.8 Å². The van der Waals surface area contributed by atoms with E-state index in [-0.39, 0.29) is 24.3 Å². The molecule has 2 amide bonds. The van der Waals surface area contributed by atoms with Gasteiger partial charge in [0.25, 0.3) is 0 Å². The highest BCUT2D eigenvalue weighted by Crippen LogP contribution is 2.28. The molecule has 116 valence electrons. The molecule has 0 bridgehead atoms. The number of amides is 2. The lowest BCUT2D eigenvalue weighted by molar-refractivity contribution is -0.130. The first-order valence-corrected chi connectivity index (χ1v) is 9.01. The highest BCUT2D eigenvalue weighted by molar-refractivity contribution is 8.00. The predicted octanol–water partition coefficient (Wildman–Crippen LogP) is 2.41. The molecule has 0 aromatic heterocycles. The Bertz CT molecular complexity index is 601. The van der Waals surface area contributed by atoms with Gasteiger partial charge in [-0.15, -0.1) is 23.5 Å². The summed E-state index contributed by atoms with van der Waals surface area (Å²) in [5, 5.41) is 11.7. The van der Waals surface area contributed by atoms with Crippen molar-refractivity contribution in [1.29, 1.82) is 5.26 Å². The largest absolute Gasteiger partial charge is 0.324 e. The van der Waals surface area contributed by atoms with Crippen LogP contribution in [0.5, 0.6) is 0 Å². The second-order valence-electron chi connectivity index (χ2n) is 4.95. The van der Waals surface area contributed by atoms with Gasteiger partial charge in [-0.05, 0) is 19.1 Å². The van der Waals surface area contributed by atoms with E-state index in [1.54, 1.807) is 16.7 Å². The van der Waals surface area contributed by atoms with E-state index in [1.165, 1.54) is 11.8 Å². The van der Waals surface area contributed by atoms with Crippen LogP contribution in [0.1, 0.15) is 6.92 Å². The number of carbonyl (C=O) groups is 2. The Hall–Kier alpha value is -1.65. The topological polar surface area (TPSA) is 73.2 Å². The zero-order valence-electron chi connectivity index (χ0n) is 12.2. The van der Waals surface area contributed by atoms with Gasteiger partial charge in [-0.3, -0.25) is 9.59 Å². The highest BCUT2D eigenvalue weighted by atomic mass is 32.2. The van der Waals surface area contributed by atoms with Gasteiger partial charge in [-0.2, -0.15) is 5.26 Å². The van der Waals surface area contributed by atoms with Crippen LogP contribution in [0.15, 0.2) is 29.2 Å². The average Bonchev–Trinajstić information content (AvgIpc) is 2.91. The van der Waals surface area contributed by atoms with Crippen LogP contribution >= 0.6 is 23.5 Å². The minimum atomic E-state index is -0.197. The molecular weight excluding hydrogens is 318 g/mol. The van der Waals surface area contributed by atoms with Crippen LogP contribution in [0.3, 0.4) is 0 Å². The SMILES string of the molecule is C[C@@H](C#N)CSc1ccccc1NC(=O)CN1CSCC1=O. The Kier molecular flexibility index (Phi) is 6.16. The number of thioether (sulfide) groups is 2. The van der Waals surface area contributed by atoms with Crippen LogP contribution < -0.4 is 5.32 Å². The average molecular weight is 335 g/mol. The summed E-state index contributed by atoms with van der Waals surface area (Å²) in [6.45, 7) is 1.95. The maximum absolute atomic E-state index is 12.1. The normalized spacial score (nSPS) is 15.5. The molecule has 0 saturated carbocycles. The van der Waals surface area contributed by atoms with E-state index in [4.69, 9.17) is 5.26 Å². The summed E-state index contributed by atoms with van der Waals surface area (Å²) in [7, 11) is 0. The third kappa shape index (κ3) is 4.68. The number of hydrogen-bond acceptors (Lipinski definition) is 5. The maximum Gasteiger partial charge on any atom is 0.244 e. The van der Waals surface area contributed by atoms with Crippen molar-refractivity contribution >= 4 is 41.0 Å². The van der Waals surface area contributed by atoms with E-state index in [0.717, 1.165) is 10.6 Å². The number of benzene rings is 1. The molecule has 1 heterocycles. The monoisotopic (exact) mass is 335 g/mol. The summed E-state index contributed by atoms with van der Waals surface area (Å²) < 4.78 is 0. The number of nitriles is 1. The number of nitrogens with one attached hydrogen (secondary N) is 1. The van der Waals surface area contributed by atoms with Crippen molar-refractivity contribution < 1.29 is 9.59 Å². The van der Waals surface area contributed by atoms with Gasteiger partial charge >= 0.3 is 0 Å². The molecule has 0 aliphatic carbocycles. The van der Waals surface area contributed by atoms with Crippen LogP contribution in [-0.4, -0.2) is 40.6 Å². The summed E-state index contributed by atoms with van der Waals surface area (Å²) in [6.07, 6.45) is 0. The van der Waals surface area contributed by atoms with Crippen molar-refractivity contribution in [2.75, 3.05) is 29.2 Å². The molecule has 1 aromatic rings. The minimum absolute atomic E-state index is 0.00524. The maximum atomic E-state index is 12.1. The van der Waals surface area contributed by atoms with Crippen molar-refractivity contribution in [2.24, 2.45) is 5.92 Å². The number of para-hydroxylation sites is 1. The number of carbonyl (C=O) groups excluding carboxylic acids is 2.